The van der Waals surface area contributed by atoms with E-state index in [0.717, 1.165) is 5.56 Å². The van der Waals surface area contributed by atoms with Crippen LogP contribution in [-0.4, -0.2) is 21.9 Å². The lowest BCUT2D eigenvalue weighted by atomic mass is 9.61. The van der Waals surface area contributed by atoms with E-state index in [9.17, 15) is 19.2 Å². The molecular formula is C28H22ClFN6O2S2. The summed E-state index contributed by atoms with van der Waals surface area (Å²) in [6.45, 7) is 3.90. The fourth-order valence-electron chi connectivity index (χ4n) is 5.72. The smallest absolute Gasteiger partial charge is 0.245 e. The van der Waals surface area contributed by atoms with Crippen LogP contribution in [0.25, 0.3) is 0 Å². The van der Waals surface area contributed by atoms with Crippen LogP contribution in [0.5, 0.6) is 0 Å². The van der Waals surface area contributed by atoms with Gasteiger partial charge in [-0.25, -0.2) is 4.39 Å². The lowest BCUT2D eigenvalue weighted by Crippen LogP contribution is -2.52. The SMILES string of the molecule is CC1(C)CC(=O)C2=C(C1)N(c1nnc(SCc3ccccc3Cl)s1)C(N)=C(C#N)[C@@]21C(=O)Nc2ccc(F)cc21. The van der Waals surface area contributed by atoms with Crippen molar-refractivity contribution < 1.29 is 14.0 Å². The number of anilines is 2. The van der Waals surface area contributed by atoms with Crippen molar-refractivity contribution in [3.05, 3.63) is 87.1 Å². The molecule has 3 N–H and O–H groups in total. The van der Waals surface area contributed by atoms with Gasteiger partial charge in [-0.05, 0) is 41.7 Å². The van der Waals surface area contributed by atoms with Gasteiger partial charge in [-0.15, -0.1) is 10.2 Å². The number of ketones is 1. The molecule has 0 fully saturated rings. The van der Waals surface area contributed by atoms with E-state index in [-0.39, 0.29) is 34.7 Å². The molecule has 2 aromatic carbocycles. The molecule has 0 saturated carbocycles. The Morgan fingerprint density at radius 2 is 2.00 bits per heavy atom. The number of nitrogens with one attached hydrogen (secondary N) is 1. The number of halogens is 2. The highest BCUT2D eigenvalue weighted by Gasteiger charge is 2.61. The molecule has 1 atom stereocenters. The molecule has 0 radical (unpaired) electrons. The van der Waals surface area contributed by atoms with E-state index >= 15 is 0 Å². The minimum absolute atomic E-state index is 0.0437. The van der Waals surface area contributed by atoms with E-state index in [2.05, 4.69) is 21.6 Å². The van der Waals surface area contributed by atoms with Gasteiger partial charge in [0.05, 0.1) is 5.57 Å². The number of nitriles is 1. The Kier molecular flexibility index (Phi) is 6.25. The van der Waals surface area contributed by atoms with E-state index < -0.39 is 22.6 Å². The summed E-state index contributed by atoms with van der Waals surface area (Å²) in [5, 5.41) is 22.8. The number of fused-ring (bicyclic) bond motifs is 3. The fraction of sp³-hybridized carbons (Fsp3) is 0.250. The highest BCUT2D eigenvalue weighted by atomic mass is 35.5. The van der Waals surface area contributed by atoms with Crippen LogP contribution in [0.3, 0.4) is 0 Å². The number of thioether (sulfide) groups is 1. The molecule has 1 spiro atoms. The van der Waals surface area contributed by atoms with Crippen molar-refractivity contribution in [2.75, 3.05) is 10.2 Å². The van der Waals surface area contributed by atoms with Gasteiger partial charge in [0.1, 0.15) is 23.1 Å². The largest absolute Gasteiger partial charge is 0.384 e. The minimum atomic E-state index is -1.86. The summed E-state index contributed by atoms with van der Waals surface area (Å²) in [6.07, 6.45) is 0.516. The summed E-state index contributed by atoms with van der Waals surface area (Å²) in [5.74, 6) is -0.989. The number of hydrogen-bond acceptors (Lipinski definition) is 9. The normalized spacial score (nSPS) is 21.4. The predicted molar refractivity (Wildman–Crippen MR) is 152 cm³/mol. The van der Waals surface area contributed by atoms with Gasteiger partial charge < -0.3 is 11.1 Å². The number of Topliss-reactive ketones (excluding diaryl/α,β-unsaturated/α-hetero) is 1. The summed E-state index contributed by atoms with van der Waals surface area (Å²) in [7, 11) is 0. The van der Waals surface area contributed by atoms with Crippen molar-refractivity contribution in [1.29, 1.82) is 5.26 Å². The summed E-state index contributed by atoms with van der Waals surface area (Å²) in [6, 6.07) is 13.5. The number of nitrogens with zero attached hydrogens (tertiary/aromatic N) is 4. The molecule has 3 aliphatic rings. The number of nitrogens with two attached hydrogens (primary N) is 1. The van der Waals surface area contributed by atoms with Gasteiger partial charge in [0.15, 0.2) is 10.1 Å². The third kappa shape index (κ3) is 3.93. The van der Waals surface area contributed by atoms with Crippen LogP contribution in [0, 0.1) is 22.6 Å². The van der Waals surface area contributed by atoms with Gasteiger partial charge in [-0.1, -0.05) is 66.7 Å². The Balaban J connectivity index is 1.51. The van der Waals surface area contributed by atoms with Crippen LogP contribution in [0.4, 0.5) is 15.2 Å². The second-order valence-electron chi connectivity index (χ2n) is 10.6. The maximum atomic E-state index is 14.6. The first-order chi connectivity index (χ1) is 19.1. The number of allylic oxidation sites excluding steroid dienone is 1. The van der Waals surface area contributed by atoms with Crippen molar-refractivity contribution >= 4 is 57.2 Å². The molecule has 2 aliphatic heterocycles. The zero-order valence-electron chi connectivity index (χ0n) is 21.4. The second-order valence-corrected chi connectivity index (χ2v) is 13.2. The van der Waals surface area contributed by atoms with Gasteiger partial charge in [-0.3, -0.25) is 14.5 Å². The van der Waals surface area contributed by atoms with Crippen molar-refractivity contribution in [2.45, 2.75) is 42.2 Å². The molecule has 0 saturated heterocycles. The van der Waals surface area contributed by atoms with Crippen LogP contribution < -0.4 is 16.0 Å². The average molecular weight is 593 g/mol. The number of carbonyl (C=O) groups excluding carboxylic acids is 2. The van der Waals surface area contributed by atoms with E-state index in [1.54, 1.807) is 4.90 Å². The summed E-state index contributed by atoms with van der Waals surface area (Å²) < 4.78 is 15.2. The molecule has 3 heterocycles. The number of aromatic nitrogens is 2. The van der Waals surface area contributed by atoms with Crippen molar-refractivity contribution in [3.63, 3.8) is 0 Å². The lowest BCUT2D eigenvalue weighted by Gasteiger charge is -2.45. The standard InChI is InChI=1S/C28H22ClFN6O2S2/c1-27(2)10-20-22(21(37)11-27)28(16-9-15(30)7-8-19(16)33-24(28)38)17(12-31)23(32)36(20)25-34-35-26(40-25)39-13-14-5-3-4-6-18(14)29/h3-9H,10-11,13,32H2,1-2H3,(H,33,38)/t28-/m1/s1. The molecule has 1 aromatic heterocycles. The van der Waals surface area contributed by atoms with E-state index in [1.807, 2.05) is 38.1 Å². The molecule has 40 heavy (non-hydrogen) atoms. The van der Waals surface area contributed by atoms with E-state index in [4.69, 9.17) is 17.3 Å². The third-order valence-electron chi connectivity index (χ3n) is 7.35. The lowest BCUT2D eigenvalue weighted by molar-refractivity contribution is -0.123. The Labute approximate surface area is 242 Å². The van der Waals surface area contributed by atoms with Crippen LogP contribution >= 0.6 is 34.7 Å². The number of benzene rings is 2. The summed E-state index contributed by atoms with van der Waals surface area (Å²) in [5.41, 5.74) is 6.28. The molecule has 3 aromatic rings. The second kappa shape index (κ2) is 9.44. The molecule has 1 aliphatic carbocycles. The number of carbonyl (C=O) groups is 2. The fourth-order valence-corrected chi connectivity index (χ4v) is 7.88. The first-order valence-electron chi connectivity index (χ1n) is 12.4. The summed E-state index contributed by atoms with van der Waals surface area (Å²) >= 11 is 9.00. The van der Waals surface area contributed by atoms with Crippen LogP contribution in [-0.2, 0) is 20.8 Å². The van der Waals surface area contributed by atoms with Crippen molar-refractivity contribution in [3.8, 4) is 6.07 Å². The van der Waals surface area contributed by atoms with Gasteiger partial charge >= 0.3 is 0 Å². The van der Waals surface area contributed by atoms with E-state index in [0.29, 0.717) is 38.1 Å². The minimum Gasteiger partial charge on any atom is -0.384 e. The quantitative estimate of drug-likeness (QED) is 0.371. The van der Waals surface area contributed by atoms with Crippen LogP contribution in [0.2, 0.25) is 5.02 Å². The third-order valence-corrected chi connectivity index (χ3v) is 9.81. The van der Waals surface area contributed by atoms with Crippen molar-refractivity contribution in [2.24, 2.45) is 11.1 Å². The first-order valence-corrected chi connectivity index (χ1v) is 14.5. The highest BCUT2D eigenvalue weighted by molar-refractivity contribution is 8.00. The highest BCUT2D eigenvalue weighted by Crippen LogP contribution is 2.57. The molecular weight excluding hydrogens is 571 g/mol. The number of hydrogen-bond donors (Lipinski definition) is 2. The average Bonchev–Trinajstić information content (AvgIpc) is 3.46. The molecule has 202 valence electrons. The van der Waals surface area contributed by atoms with Gasteiger partial charge in [0.25, 0.3) is 0 Å². The molecule has 0 unspecified atom stereocenters. The molecule has 8 nitrogen and oxygen atoms in total. The number of amides is 1. The van der Waals surface area contributed by atoms with Crippen LogP contribution in [0.15, 0.2) is 69.5 Å². The Morgan fingerprint density at radius 3 is 2.75 bits per heavy atom. The monoisotopic (exact) mass is 592 g/mol. The maximum absolute atomic E-state index is 14.6. The topological polar surface area (TPSA) is 125 Å². The number of rotatable bonds is 4. The first kappa shape index (κ1) is 26.5. The Morgan fingerprint density at radius 1 is 1.23 bits per heavy atom. The predicted octanol–water partition coefficient (Wildman–Crippen LogP) is 5.67. The zero-order chi connectivity index (χ0) is 28.4. The van der Waals surface area contributed by atoms with E-state index in [1.165, 1.54) is 41.3 Å². The van der Waals surface area contributed by atoms with Gasteiger partial charge in [0, 0.05) is 39.7 Å². The van der Waals surface area contributed by atoms with Gasteiger partial charge in [-0.2, -0.15) is 5.26 Å². The molecule has 6 rings (SSSR count). The van der Waals surface area contributed by atoms with Crippen molar-refractivity contribution in [1.82, 2.24) is 10.2 Å². The Hall–Kier alpha value is -3.72. The maximum Gasteiger partial charge on any atom is 0.245 e. The Bertz CT molecular complexity index is 1730. The van der Waals surface area contributed by atoms with Gasteiger partial charge in [0.2, 0.25) is 11.0 Å². The molecule has 12 heteroatoms. The molecule has 0 bridgehead atoms. The zero-order valence-corrected chi connectivity index (χ0v) is 23.8. The van der Waals surface area contributed by atoms with Crippen LogP contribution in [0.1, 0.15) is 37.8 Å². The summed E-state index contributed by atoms with van der Waals surface area (Å²) in [4.78, 5) is 29.2. The molecule has 1 amide bonds.